The van der Waals surface area contributed by atoms with Crippen LogP contribution in [0.1, 0.15) is 77.0 Å². The van der Waals surface area contributed by atoms with Gasteiger partial charge in [0.2, 0.25) is 0 Å². The lowest BCUT2D eigenvalue weighted by Crippen LogP contribution is -2.51. The Labute approximate surface area is 132 Å². The van der Waals surface area contributed by atoms with E-state index in [1.807, 2.05) is 0 Å². The van der Waals surface area contributed by atoms with E-state index in [0.29, 0.717) is 0 Å². The van der Waals surface area contributed by atoms with E-state index in [1.165, 1.54) is 35.5 Å². The average molecular weight is 301 g/mol. The van der Waals surface area contributed by atoms with E-state index in [9.17, 15) is 0 Å². The summed E-state index contributed by atoms with van der Waals surface area (Å²) < 4.78 is 0. The summed E-state index contributed by atoms with van der Waals surface area (Å²) >= 11 is 0. The molecular formula is C20H32Si. The van der Waals surface area contributed by atoms with Crippen molar-refractivity contribution >= 4 is 9.52 Å². The normalized spacial score (nSPS) is 64.0. The van der Waals surface area contributed by atoms with Crippen LogP contribution in [0.15, 0.2) is 0 Å². The number of hydrogen-bond donors (Lipinski definition) is 0. The average Bonchev–Trinajstić information content (AvgIpc) is 2.33. The van der Waals surface area contributed by atoms with Gasteiger partial charge in [0.05, 0.1) is 0 Å². The van der Waals surface area contributed by atoms with Crippen molar-refractivity contribution in [3.05, 3.63) is 0 Å². The maximum atomic E-state index is 1.72. The van der Waals surface area contributed by atoms with Gasteiger partial charge in [-0.05, 0) is 123 Å². The molecule has 0 nitrogen and oxygen atoms in total. The van der Waals surface area contributed by atoms with Crippen LogP contribution < -0.4 is 0 Å². The maximum absolute atomic E-state index is 1.72. The van der Waals surface area contributed by atoms with E-state index in [2.05, 4.69) is 0 Å². The second-order valence-electron chi connectivity index (χ2n) is 11.0. The van der Waals surface area contributed by atoms with Crippen molar-refractivity contribution in [1.29, 1.82) is 0 Å². The van der Waals surface area contributed by atoms with Gasteiger partial charge in [-0.15, -0.1) is 0 Å². The highest BCUT2D eigenvalue weighted by Crippen LogP contribution is 2.70. The molecular weight excluding hydrogens is 268 g/mol. The van der Waals surface area contributed by atoms with Gasteiger partial charge in [-0.2, -0.15) is 0 Å². The van der Waals surface area contributed by atoms with Gasteiger partial charge >= 0.3 is 0 Å². The van der Waals surface area contributed by atoms with Crippen LogP contribution in [0.25, 0.3) is 0 Å². The molecule has 116 valence electrons. The highest BCUT2D eigenvalue weighted by molar-refractivity contribution is 6.44. The Balaban J connectivity index is 1.31. The van der Waals surface area contributed by atoms with E-state index in [0.717, 1.165) is 10.1 Å². The van der Waals surface area contributed by atoms with Gasteiger partial charge in [0.1, 0.15) is 0 Å². The molecule has 0 unspecified atom stereocenters. The molecule has 0 aliphatic heterocycles. The molecule has 0 heterocycles. The van der Waals surface area contributed by atoms with E-state index < -0.39 is 0 Å². The molecule has 0 radical (unpaired) electrons. The lowest BCUT2D eigenvalue weighted by atomic mass is 9.55. The summed E-state index contributed by atoms with van der Waals surface area (Å²) in [6, 6.07) is 0. The summed E-state index contributed by atoms with van der Waals surface area (Å²) in [5.41, 5.74) is 0. The van der Waals surface area contributed by atoms with E-state index in [4.69, 9.17) is 0 Å². The Morgan fingerprint density at radius 1 is 0.429 bits per heavy atom. The van der Waals surface area contributed by atoms with Gasteiger partial charge < -0.3 is 0 Å². The van der Waals surface area contributed by atoms with Crippen molar-refractivity contribution in [2.75, 3.05) is 0 Å². The molecule has 1 heteroatoms. The standard InChI is InChI=1S/C20H32Si/c1-13-2-15-3-14(1)8-19(7-13,9-15)21-20-10-16-4-17(11-20)6-18(5-16)12-20/h13-18H,1-12,21H2. The van der Waals surface area contributed by atoms with Crippen LogP contribution in [-0.2, 0) is 0 Å². The van der Waals surface area contributed by atoms with Crippen LogP contribution >= 0.6 is 0 Å². The van der Waals surface area contributed by atoms with Crippen LogP contribution in [-0.4, -0.2) is 9.52 Å². The lowest BCUT2D eigenvalue weighted by Gasteiger charge is -2.63. The first-order chi connectivity index (χ1) is 10.2. The molecule has 0 aromatic heterocycles. The van der Waals surface area contributed by atoms with E-state index in [-0.39, 0.29) is 9.52 Å². The fourth-order valence-corrected chi connectivity index (χ4v) is 14.7. The Hall–Kier alpha value is 0.217. The Kier molecular flexibility index (Phi) is 2.40. The van der Waals surface area contributed by atoms with Gasteiger partial charge in [0.25, 0.3) is 0 Å². The summed E-state index contributed by atoms with van der Waals surface area (Å²) in [6.45, 7) is 0. The third-order valence-corrected chi connectivity index (χ3v) is 12.3. The zero-order chi connectivity index (χ0) is 13.7. The molecule has 8 aliphatic rings. The van der Waals surface area contributed by atoms with Gasteiger partial charge in [0, 0.05) is 9.52 Å². The highest BCUT2D eigenvalue weighted by atomic mass is 28.2. The Morgan fingerprint density at radius 2 is 0.667 bits per heavy atom. The Morgan fingerprint density at radius 3 is 0.905 bits per heavy atom. The monoisotopic (exact) mass is 300 g/mol. The van der Waals surface area contributed by atoms with Crippen LogP contribution in [0.4, 0.5) is 0 Å². The molecule has 21 heavy (non-hydrogen) atoms. The molecule has 8 rings (SSSR count). The zero-order valence-electron chi connectivity index (χ0n) is 13.7. The van der Waals surface area contributed by atoms with Crippen LogP contribution in [0.2, 0.25) is 10.1 Å². The molecule has 8 fully saturated rings. The summed E-state index contributed by atoms with van der Waals surface area (Å²) in [7, 11) is 0.142. The van der Waals surface area contributed by atoms with E-state index >= 15 is 0 Å². The molecule has 8 bridgehead atoms. The van der Waals surface area contributed by atoms with Crippen LogP contribution in [0.5, 0.6) is 0 Å². The molecule has 0 amide bonds. The van der Waals surface area contributed by atoms with Crippen molar-refractivity contribution in [3.8, 4) is 0 Å². The van der Waals surface area contributed by atoms with Crippen molar-refractivity contribution in [2.24, 2.45) is 35.5 Å². The Bertz CT molecular complexity index is 352. The lowest BCUT2D eigenvalue weighted by molar-refractivity contribution is 0.00838. The van der Waals surface area contributed by atoms with Crippen LogP contribution in [0.3, 0.4) is 0 Å². The predicted octanol–water partition coefficient (Wildman–Crippen LogP) is 4.93. The minimum atomic E-state index is 0.142. The first-order valence-corrected chi connectivity index (χ1v) is 11.6. The smallest absolute Gasteiger partial charge is 0.0342 e. The molecule has 0 aromatic rings. The molecule has 0 spiro atoms. The highest BCUT2D eigenvalue weighted by Gasteiger charge is 2.57. The molecule has 0 N–H and O–H groups in total. The summed E-state index contributed by atoms with van der Waals surface area (Å²) in [5.74, 6) is 7.15. The van der Waals surface area contributed by atoms with E-state index in [1.54, 1.807) is 77.0 Å². The molecule has 0 saturated heterocycles. The first-order valence-electron chi connectivity index (χ1n) is 10.2. The van der Waals surface area contributed by atoms with Crippen molar-refractivity contribution < 1.29 is 0 Å². The fourth-order valence-electron chi connectivity index (χ4n) is 9.81. The second kappa shape index (κ2) is 4.00. The molecule has 8 aliphatic carbocycles. The molecule has 0 atom stereocenters. The number of hydrogen-bond acceptors (Lipinski definition) is 0. The maximum Gasteiger partial charge on any atom is 0.0342 e. The number of rotatable bonds is 2. The fraction of sp³-hybridized carbons (Fsp3) is 1.00. The third-order valence-electron chi connectivity index (χ3n) is 9.08. The van der Waals surface area contributed by atoms with Gasteiger partial charge in [-0.25, -0.2) is 0 Å². The van der Waals surface area contributed by atoms with Crippen LogP contribution in [0, 0.1) is 35.5 Å². The van der Waals surface area contributed by atoms with Crippen molar-refractivity contribution in [3.63, 3.8) is 0 Å². The second-order valence-corrected chi connectivity index (χ2v) is 14.4. The van der Waals surface area contributed by atoms with Gasteiger partial charge in [-0.1, -0.05) is 0 Å². The molecule has 8 saturated carbocycles. The summed E-state index contributed by atoms with van der Waals surface area (Å²) in [5, 5.41) is 1.97. The third kappa shape index (κ3) is 1.85. The van der Waals surface area contributed by atoms with Crippen molar-refractivity contribution in [1.82, 2.24) is 0 Å². The quantitative estimate of drug-likeness (QED) is 0.634. The molecule has 0 aromatic carbocycles. The topological polar surface area (TPSA) is 0 Å². The summed E-state index contributed by atoms with van der Waals surface area (Å²) in [4.78, 5) is 0. The first kappa shape index (κ1) is 12.6. The largest absolute Gasteiger partial charge is 0.0477 e. The van der Waals surface area contributed by atoms with Gasteiger partial charge in [-0.3, -0.25) is 0 Å². The predicted molar refractivity (Wildman–Crippen MR) is 90.3 cm³/mol. The minimum absolute atomic E-state index is 0.142. The van der Waals surface area contributed by atoms with Gasteiger partial charge in [0.15, 0.2) is 0 Å². The van der Waals surface area contributed by atoms with Crippen molar-refractivity contribution in [2.45, 2.75) is 87.1 Å². The minimum Gasteiger partial charge on any atom is -0.0477 e. The summed E-state index contributed by atoms with van der Waals surface area (Å²) in [6.07, 6.45) is 20.2. The zero-order valence-corrected chi connectivity index (χ0v) is 15.1. The SMILES string of the molecule is C1C2CC3CC1CC([SiH2]C14CC5CC(CC(C5)C1)C4)(C2)C3.